The summed E-state index contributed by atoms with van der Waals surface area (Å²) in [4.78, 5) is 29.4. The number of halogens is 3. The molecule has 0 unspecified atom stereocenters. The molecule has 0 saturated carbocycles. The maximum atomic E-state index is 12.7. The average Bonchev–Trinajstić information content (AvgIpc) is 3.15. The summed E-state index contributed by atoms with van der Waals surface area (Å²) in [6, 6.07) is 15.2. The third-order valence-electron chi connectivity index (χ3n) is 4.87. The lowest BCUT2D eigenvalue weighted by Gasteiger charge is -2.14. The summed E-state index contributed by atoms with van der Waals surface area (Å²) in [6.45, 7) is 4.04. The average molecular weight is 575 g/mol. The number of aryl methyl sites for hydroxylation is 1. The van der Waals surface area contributed by atoms with E-state index >= 15 is 0 Å². The molecular formula is C26H18BrCl2NO5. The minimum atomic E-state index is -0.630. The molecule has 0 N–H and O–H groups in total. The lowest BCUT2D eigenvalue weighted by atomic mass is 10.1. The lowest BCUT2D eigenvalue weighted by Crippen LogP contribution is -2.10. The number of ether oxygens (including phenoxy) is 3. The number of esters is 2. The standard InChI is InChI=1S/C26H18BrCl2NO5/c1-3-33-22-12-15(10-19(27)23(22)34-25(31)16-6-4-5-14(2)9-16)11-21-26(32)35-24(30-21)18-8-7-17(28)13-20(18)29/h4-13H,3H2,1-2H3/b21-11-. The Morgan fingerprint density at radius 3 is 2.66 bits per heavy atom. The van der Waals surface area contributed by atoms with Crippen LogP contribution in [-0.4, -0.2) is 24.4 Å². The summed E-state index contributed by atoms with van der Waals surface area (Å²) in [5.41, 5.74) is 2.46. The van der Waals surface area contributed by atoms with Crippen molar-refractivity contribution in [3.05, 3.63) is 97.1 Å². The fraction of sp³-hybridized carbons (Fsp3) is 0.115. The molecule has 0 amide bonds. The molecule has 0 atom stereocenters. The Labute approximate surface area is 220 Å². The highest BCUT2D eigenvalue weighted by molar-refractivity contribution is 9.10. The van der Waals surface area contributed by atoms with Gasteiger partial charge in [0.15, 0.2) is 17.2 Å². The second-order valence-electron chi connectivity index (χ2n) is 7.48. The van der Waals surface area contributed by atoms with E-state index in [0.29, 0.717) is 43.6 Å². The highest BCUT2D eigenvalue weighted by atomic mass is 79.9. The van der Waals surface area contributed by atoms with Crippen LogP contribution in [0.25, 0.3) is 6.08 Å². The molecule has 6 nitrogen and oxygen atoms in total. The molecule has 0 saturated heterocycles. The molecule has 1 aliphatic rings. The van der Waals surface area contributed by atoms with Gasteiger partial charge >= 0.3 is 11.9 Å². The largest absolute Gasteiger partial charge is 0.490 e. The summed E-state index contributed by atoms with van der Waals surface area (Å²) in [6.07, 6.45) is 1.54. The lowest BCUT2D eigenvalue weighted by molar-refractivity contribution is -0.129. The quantitative estimate of drug-likeness (QED) is 0.179. The number of carbonyl (C=O) groups excluding carboxylic acids is 2. The molecule has 9 heteroatoms. The van der Waals surface area contributed by atoms with Crippen molar-refractivity contribution in [2.45, 2.75) is 13.8 Å². The van der Waals surface area contributed by atoms with E-state index in [-0.39, 0.29) is 17.3 Å². The minimum Gasteiger partial charge on any atom is -0.490 e. The topological polar surface area (TPSA) is 74.2 Å². The molecule has 0 aromatic heterocycles. The van der Waals surface area contributed by atoms with Gasteiger partial charge in [0.05, 0.1) is 27.2 Å². The van der Waals surface area contributed by atoms with Crippen LogP contribution in [0.15, 0.2) is 69.8 Å². The maximum Gasteiger partial charge on any atom is 0.363 e. The first kappa shape index (κ1) is 25.0. The first-order valence-corrected chi connectivity index (χ1v) is 12.0. The van der Waals surface area contributed by atoms with E-state index < -0.39 is 11.9 Å². The van der Waals surface area contributed by atoms with E-state index in [4.69, 9.17) is 37.4 Å². The van der Waals surface area contributed by atoms with Gasteiger partial charge in [-0.1, -0.05) is 40.9 Å². The van der Waals surface area contributed by atoms with Crippen molar-refractivity contribution < 1.29 is 23.8 Å². The molecule has 3 aromatic carbocycles. The van der Waals surface area contributed by atoms with E-state index in [1.165, 1.54) is 0 Å². The Morgan fingerprint density at radius 1 is 1.14 bits per heavy atom. The van der Waals surface area contributed by atoms with Gasteiger partial charge in [-0.2, -0.15) is 0 Å². The fourth-order valence-corrected chi connectivity index (χ4v) is 4.33. The molecule has 0 fully saturated rings. The first-order valence-electron chi connectivity index (χ1n) is 10.5. The summed E-state index contributed by atoms with van der Waals surface area (Å²) in [5.74, 6) is -0.515. The molecule has 0 spiro atoms. The van der Waals surface area contributed by atoms with Crippen molar-refractivity contribution in [3.63, 3.8) is 0 Å². The van der Waals surface area contributed by atoms with E-state index in [0.717, 1.165) is 5.56 Å². The van der Waals surface area contributed by atoms with E-state index in [1.807, 2.05) is 19.9 Å². The van der Waals surface area contributed by atoms with Gasteiger partial charge in [-0.25, -0.2) is 14.6 Å². The molecule has 1 heterocycles. The molecule has 0 radical (unpaired) electrons. The van der Waals surface area contributed by atoms with E-state index in [9.17, 15) is 9.59 Å². The van der Waals surface area contributed by atoms with Crippen LogP contribution in [0.2, 0.25) is 10.0 Å². The number of rotatable bonds is 6. The molecule has 0 aliphatic carbocycles. The van der Waals surface area contributed by atoms with Gasteiger partial charge in [-0.05, 0) is 83.9 Å². The zero-order valence-corrected chi connectivity index (χ0v) is 21.7. The van der Waals surface area contributed by atoms with Crippen LogP contribution in [0.4, 0.5) is 0 Å². The Bertz CT molecular complexity index is 1400. The van der Waals surface area contributed by atoms with E-state index in [1.54, 1.807) is 54.6 Å². The van der Waals surface area contributed by atoms with Crippen molar-refractivity contribution >= 4 is 63.0 Å². The Morgan fingerprint density at radius 2 is 1.94 bits per heavy atom. The van der Waals surface area contributed by atoms with Crippen molar-refractivity contribution in [3.8, 4) is 11.5 Å². The molecule has 0 bridgehead atoms. The zero-order chi connectivity index (χ0) is 25.1. The highest BCUT2D eigenvalue weighted by Gasteiger charge is 2.26. The summed E-state index contributed by atoms with van der Waals surface area (Å²) in [7, 11) is 0. The predicted octanol–water partition coefficient (Wildman–Crippen LogP) is 7.03. The first-order chi connectivity index (χ1) is 16.7. The van der Waals surface area contributed by atoms with Crippen molar-refractivity contribution in [1.29, 1.82) is 0 Å². The molecular weight excluding hydrogens is 557 g/mol. The number of cyclic esters (lactones) is 1. The SMILES string of the molecule is CCOc1cc(/C=C2\N=C(c3ccc(Cl)cc3Cl)OC2=O)cc(Br)c1OC(=O)c1cccc(C)c1. The number of nitrogens with zero attached hydrogens (tertiary/aromatic N) is 1. The van der Waals surface area contributed by atoms with Crippen LogP contribution in [0.5, 0.6) is 11.5 Å². The van der Waals surface area contributed by atoms with Gasteiger partial charge in [0.2, 0.25) is 5.90 Å². The number of aliphatic imine (C=N–C) groups is 1. The number of hydrogen-bond donors (Lipinski definition) is 0. The molecule has 35 heavy (non-hydrogen) atoms. The van der Waals surface area contributed by atoms with Gasteiger partial charge in [-0.3, -0.25) is 0 Å². The van der Waals surface area contributed by atoms with Crippen molar-refractivity contribution in [1.82, 2.24) is 0 Å². The van der Waals surface area contributed by atoms with Gasteiger partial charge in [0, 0.05) is 5.02 Å². The van der Waals surface area contributed by atoms with Gasteiger partial charge < -0.3 is 14.2 Å². The van der Waals surface area contributed by atoms with Crippen LogP contribution in [0, 0.1) is 6.92 Å². The Kier molecular flexibility index (Phi) is 7.60. The predicted molar refractivity (Wildman–Crippen MR) is 139 cm³/mol. The smallest absolute Gasteiger partial charge is 0.363 e. The second-order valence-corrected chi connectivity index (χ2v) is 9.18. The number of carbonyl (C=O) groups is 2. The Balaban J connectivity index is 1.66. The van der Waals surface area contributed by atoms with Gasteiger partial charge in [0.25, 0.3) is 0 Å². The van der Waals surface area contributed by atoms with Crippen LogP contribution < -0.4 is 9.47 Å². The third-order valence-corrected chi connectivity index (χ3v) is 6.00. The summed E-state index contributed by atoms with van der Waals surface area (Å²) in [5, 5.41) is 0.766. The van der Waals surface area contributed by atoms with Crippen molar-refractivity contribution in [2.75, 3.05) is 6.61 Å². The third kappa shape index (κ3) is 5.75. The maximum absolute atomic E-state index is 12.7. The van der Waals surface area contributed by atoms with Crippen molar-refractivity contribution in [2.24, 2.45) is 4.99 Å². The summed E-state index contributed by atoms with van der Waals surface area (Å²) >= 11 is 15.6. The van der Waals surface area contributed by atoms with Crippen LogP contribution >= 0.6 is 39.1 Å². The zero-order valence-electron chi connectivity index (χ0n) is 18.6. The molecule has 1 aliphatic heterocycles. The Hall–Kier alpha value is -3.13. The van der Waals surface area contributed by atoms with Crippen LogP contribution in [0.1, 0.15) is 34.0 Å². The highest BCUT2D eigenvalue weighted by Crippen LogP contribution is 2.38. The number of benzene rings is 3. The van der Waals surface area contributed by atoms with Gasteiger partial charge in [0.1, 0.15) is 0 Å². The molecule has 178 valence electrons. The van der Waals surface area contributed by atoms with Gasteiger partial charge in [-0.15, -0.1) is 0 Å². The number of hydrogen-bond acceptors (Lipinski definition) is 6. The van der Waals surface area contributed by atoms with Crippen LogP contribution in [-0.2, 0) is 9.53 Å². The summed E-state index contributed by atoms with van der Waals surface area (Å²) < 4.78 is 17.1. The second kappa shape index (κ2) is 10.6. The fourth-order valence-electron chi connectivity index (χ4n) is 3.30. The minimum absolute atomic E-state index is 0.0740. The normalized spacial score (nSPS) is 14.0. The monoisotopic (exact) mass is 573 g/mol. The molecule has 4 rings (SSSR count). The molecule has 3 aromatic rings. The van der Waals surface area contributed by atoms with E-state index in [2.05, 4.69) is 20.9 Å². The van der Waals surface area contributed by atoms with Crippen LogP contribution in [0.3, 0.4) is 0 Å².